The largest absolute Gasteiger partial charge is 0.335 e. The molecule has 200 valence electrons. The first-order valence-electron chi connectivity index (χ1n) is 11.7. The lowest BCUT2D eigenvalue weighted by Gasteiger charge is -2.20. The van der Waals surface area contributed by atoms with Crippen molar-refractivity contribution in [2.24, 2.45) is 0 Å². The van der Waals surface area contributed by atoms with Crippen molar-refractivity contribution in [2.75, 3.05) is 23.0 Å². The molecule has 2 N–H and O–H groups in total. The number of rotatable bonds is 11. The van der Waals surface area contributed by atoms with E-state index in [2.05, 4.69) is 49.2 Å². The summed E-state index contributed by atoms with van der Waals surface area (Å²) in [6.45, 7) is 1.12. The predicted octanol–water partition coefficient (Wildman–Crippen LogP) is 6.64. The van der Waals surface area contributed by atoms with Gasteiger partial charge in [0.05, 0.1) is 27.9 Å². The van der Waals surface area contributed by atoms with E-state index in [0.717, 1.165) is 60.1 Å². The van der Waals surface area contributed by atoms with Crippen LogP contribution in [0.15, 0.2) is 64.5 Å². The highest BCUT2D eigenvalue weighted by atomic mass is 35.5. The molecule has 0 saturated carbocycles. The van der Waals surface area contributed by atoms with Crippen LogP contribution in [-0.4, -0.2) is 36.3 Å². The van der Waals surface area contributed by atoms with Gasteiger partial charge in [-0.3, -0.25) is 4.55 Å². The van der Waals surface area contributed by atoms with Crippen LogP contribution in [0.2, 0.25) is 5.02 Å². The Labute approximate surface area is 237 Å². The number of anilines is 1. The predicted molar refractivity (Wildman–Crippen MR) is 155 cm³/mol. The van der Waals surface area contributed by atoms with E-state index in [-0.39, 0.29) is 12.2 Å². The Bertz CT molecular complexity index is 1610. The fraction of sp³-hybridized carbons (Fsp3) is 0.240. The lowest BCUT2D eigenvalue weighted by atomic mass is 10.1. The Hall–Kier alpha value is -1.87. The molecule has 8 nitrogen and oxygen atoms in total. The summed E-state index contributed by atoms with van der Waals surface area (Å²) in [6, 6.07) is 18.1. The van der Waals surface area contributed by atoms with E-state index in [1.165, 1.54) is 0 Å². The summed E-state index contributed by atoms with van der Waals surface area (Å²) < 4.78 is 40.0. The molecule has 0 fully saturated rings. The monoisotopic (exact) mass is 611 g/mol. The van der Waals surface area contributed by atoms with Gasteiger partial charge in [-0.25, -0.2) is 5.26 Å². The van der Waals surface area contributed by atoms with Gasteiger partial charge in [0.1, 0.15) is 4.70 Å². The zero-order valence-corrected chi connectivity index (χ0v) is 24.0. The fourth-order valence-electron chi connectivity index (χ4n) is 4.46. The maximum atomic E-state index is 11.4. The van der Waals surface area contributed by atoms with E-state index in [4.69, 9.17) is 16.9 Å². The van der Waals surface area contributed by atoms with Gasteiger partial charge in [0.2, 0.25) is 5.52 Å². The summed E-state index contributed by atoms with van der Waals surface area (Å²) in [5.74, 6) is 0.301. The Morgan fingerprint density at radius 2 is 1.97 bits per heavy atom. The van der Waals surface area contributed by atoms with E-state index < -0.39 is 10.1 Å². The highest BCUT2D eigenvalue weighted by molar-refractivity contribution is 8.04. The molecule has 13 heteroatoms. The van der Waals surface area contributed by atoms with Crippen LogP contribution < -0.4 is 9.47 Å². The van der Waals surface area contributed by atoms with Gasteiger partial charge in [0, 0.05) is 40.7 Å². The first-order valence-corrected chi connectivity index (χ1v) is 16.2. The Morgan fingerprint density at radius 1 is 1.13 bits per heavy atom. The number of hydrogen-bond donors (Lipinski definition) is 2. The zero-order valence-electron chi connectivity index (χ0n) is 19.9. The van der Waals surface area contributed by atoms with E-state index in [1.807, 2.05) is 30.3 Å². The average molecular weight is 612 g/mol. The van der Waals surface area contributed by atoms with Gasteiger partial charge < -0.3 is 4.90 Å². The summed E-state index contributed by atoms with van der Waals surface area (Å²) in [4.78, 5) is 3.30. The van der Waals surface area contributed by atoms with E-state index in [0.29, 0.717) is 23.9 Å². The molecule has 0 saturated heterocycles. The number of thioether (sulfide) groups is 1. The van der Waals surface area contributed by atoms with Crippen molar-refractivity contribution in [2.45, 2.75) is 24.3 Å². The highest BCUT2D eigenvalue weighted by Crippen LogP contribution is 2.48. The molecule has 0 radical (unpaired) electrons. The fourth-order valence-corrected chi connectivity index (χ4v) is 7.80. The molecule has 1 aromatic heterocycles. The number of hydrogen-bond acceptors (Lipinski definition) is 9. The third-order valence-corrected chi connectivity index (χ3v) is 9.89. The minimum absolute atomic E-state index is 0.283. The molecule has 3 aromatic carbocycles. The first kappa shape index (κ1) is 27.7. The first-order chi connectivity index (χ1) is 18.3. The van der Waals surface area contributed by atoms with Gasteiger partial charge in [-0.15, -0.1) is 4.33 Å². The summed E-state index contributed by atoms with van der Waals surface area (Å²) in [5.41, 5.74) is 2.06. The van der Waals surface area contributed by atoms with Gasteiger partial charge in [0.15, 0.2) is 6.54 Å². The summed E-state index contributed by atoms with van der Waals surface area (Å²) in [5, 5.41) is 16.9. The van der Waals surface area contributed by atoms with Gasteiger partial charge >= 0.3 is 0 Å². The molecule has 0 spiro atoms. The molecule has 0 bridgehead atoms. The Morgan fingerprint density at radius 3 is 2.79 bits per heavy atom. The number of aromatic nitrogens is 1. The summed E-state index contributed by atoms with van der Waals surface area (Å²) in [7, 11) is -4.06. The summed E-state index contributed by atoms with van der Waals surface area (Å²) >= 11 is 10.6. The van der Waals surface area contributed by atoms with Crippen LogP contribution in [0.1, 0.15) is 17.8 Å². The van der Waals surface area contributed by atoms with Crippen molar-refractivity contribution in [3.05, 3.63) is 69.7 Å². The highest BCUT2D eigenvalue weighted by Gasteiger charge is 2.29. The average Bonchev–Trinajstić information content (AvgIpc) is 3.40. The molecule has 0 amide bonds. The third-order valence-electron chi connectivity index (χ3n) is 6.03. The molecule has 2 heterocycles. The standard InChI is InChI=1S/C25H23ClN2O6S4/c26-18-8-10-21-20(15-18)27(11-3-13-35-34-33-29)23(36-21)16-24-28(12-4-14-38(30,31)32)25-19-6-2-1-5-17(19)7-9-22(25)37-24/h1-2,5-10,15-16H,3-4,11-14H2,(H-,29,30,31,32)/p+1. The Kier molecular flexibility index (Phi) is 8.82. The zero-order chi connectivity index (χ0) is 26.7. The molecule has 5 rings (SSSR count). The number of fused-ring (bicyclic) bond motifs is 4. The summed E-state index contributed by atoms with van der Waals surface area (Å²) in [6.07, 6.45) is 3.17. The second-order valence-electron chi connectivity index (χ2n) is 8.53. The lowest BCUT2D eigenvalue weighted by Crippen LogP contribution is -2.36. The van der Waals surface area contributed by atoms with Gasteiger partial charge in [0.25, 0.3) is 15.1 Å². The maximum absolute atomic E-state index is 11.4. The van der Waals surface area contributed by atoms with Crippen LogP contribution in [0.3, 0.4) is 0 Å². The van der Waals surface area contributed by atoms with Crippen molar-refractivity contribution in [1.29, 1.82) is 0 Å². The minimum Gasteiger partial charge on any atom is -0.335 e. The van der Waals surface area contributed by atoms with Crippen molar-refractivity contribution in [1.82, 2.24) is 0 Å². The third kappa shape index (κ3) is 6.30. The second-order valence-corrected chi connectivity index (χ2v) is 13.4. The van der Waals surface area contributed by atoms with Gasteiger partial charge in [-0.1, -0.05) is 64.0 Å². The number of aryl methyl sites for hydroxylation is 1. The van der Waals surface area contributed by atoms with Crippen LogP contribution >= 0.6 is 46.7 Å². The topological polar surface area (TPSA) is 100 Å². The number of benzene rings is 3. The smallest absolute Gasteiger partial charge is 0.265 e. The number of thiazole rings is 1. The van der Waals surface area contributed by atoms with Crippen LogP contribution in [0.5, 0.6) is 0 Å². The number of nitrogens with zero attached hydrogens (tertiary/aromatic N) is 2. The molecule has 1 aliphatic rings. The van der Waals surface area contributed by atoms with E-state index in [9.17, 15) is 13.0 Å². The maximum Gasteiger partial charge on any atom is 0.265 e. The molecule has 0 aliphatic carbocycles. The quantitative estimate of drug-likeness (QED) is 0.0482. The normalized spacial score (nSPS) is 14.7. The molecular formula is C25H24ClN2O6S4+. The van der Waals surface area contributed by atoms with Crippen molar-refractivity contribution >= 4 is 89.6 Å². The molecule has 38 heavy (non-hydrogen) atoms. The molecular weight excluding hydrogens is 588 g/mol. The van der Waals surface area contributed by atoms with Crippen LogP contribution in [0, 0.1) is 0 Å². The van der Waals surface area contributed by atoms with E-state index >= 15 is 0 Å². The van der Waals surface area contributed by atoms with Crippen molar-refractivity contribution in [3.63, 3.8) is 0 Å². The van der Waals surface area contributed by atoms with Crippen molar-refractivity contribution in [3.8, 4) is 0 Å². The minimum atomic E-state index is -4.06. The van der Waals surface area contributed by atoms with Crippen molar-refractivity contribution < 1.29 is 32.2 Å². The van der Waals surface area contributed by atoms with Crippen LogP contribution in [0.25, 0.3) is 27.1 Å². The van der Waals surface area contributed by atoms with Crippen LogP contribution in [0.4, 0.5) is 5.69 Å². The molecule has 1 aliphatic heterocycles. The van der Waals surface area contributed by atoms with E-state index in [1.54, 1.807) is 23.1 Å². The van der Waals surface area contributed by atoms with Gasteiger partial charge in [-0.2, -0.15) is 13.0 Å². The lowest BCUT2D eigenvalue weighted by molar-refractivity contribution is -0.667. The Balaban J connectivity index is 1.56. The SMILES string of the molecule is O=S(=O)(O)CCC[n+]1c(/C=C2\Sc3ccc(Cl)cc3N2CCCSOOO)sc2ccc3ccccc3c21. The van der Waals surface area contributed by atoms with Crippen LogP contribution in [-0.2, 0) is 26.0 Å². The van der Waals surface area contributed by atoms with Gasteiger partial charge in [-0.05, 0) is 42.1 Å². The molecule has 0 atom stereocenters. The number of halogens is 1. The second kappa shape index (κ2) is 12.1. The molecule has 4 aromatic rings. The molecule has 0 unspecified atom stereocenters.